The van der Waals surface area contributed by atoms with Crippen LogP contribution in [0, 0.1) is 11.3 Å². The Labute approximate surface area is 170 Å². The van der Waals surface area contributed by atoms with Gasteiger partial charge in [0.2, 0.25) is 17.7 Å². The van der Waals surface area contributed by atoms with Gasteiger partial charge in [-0.05, 0) is 13.8 Å². The molecule has 3 aromatic rings. The molecule has 0 aliphatic carbocycles. The SMILES string of the molecule is CC(C)(C#N)Oc1cnc(-c2c[n+]3cnc(C(F)(F)C(F)(F)F)cc3[nH]2)c(SO)c1. The summed E-state index contributed by atoms with van der Waals surface area (Å²) < 4.78 is 81.1. The Bertz CT molecular complexity index is 1140. The van der Waals surface area contributed by atoms with Crippen LogP contribution in [0.5, 0.6) is 5.75 Å². The van der Waals surface area contributed by atoms with Crippen LogP contribution in [0.15, 0.2) is 35.7 Å². The summed E-state index contributed by atoms with van der Waals surface area (Å²) in [4.78, 5) is 10.2. The van der Waals surface area contributed by atoms with Crippen LogP contribution in [0.25, 0.3) is 17.0 Å². The predicted molar refractivity (Wildman–Crippen MR) is 93.7 cm³/mol. The van der Waals surface area contributed by atoms with Gasteiger partial charge in [0.25, 0.3) is 0 Å². The number of nitriles is 1. The van der Waals surface area contributed by atoms with Gasteiger partial charge >= 0.3 is 12.1 Å². The van der Waals surface area contributed by atoms with E-state index < -0.39 is 23.4 Å². The highest BCUT2D eigenvalue weighted by Crippen LogP contribution is 2.43. The first-order valence-corrected chi connectivity index (χ1v) is 8.92. The van der Waals surface area contributed by atoms with Crippen molar-refractivity contribution in [3.05, 3.63) is 36.5 Å². The van der Waals surface area contributed by atoms with E-state index in [9.17, 15) is 26.5 Å². The average Bonchev–Trinajstić information content (AvgIpc) is 3.09. The van der Waals surface area contributed by atoms with Crippen molar-refractivity contribution in [3.63, 3.8) is 0 Å². The number of aromatic amines is 1. The molecule has 0 saturated carbocycles. The molecule has 0 radical (unpaired) electrons. The summed E-state index contributed by atoms with van der Waals surface area (Å²) in [5.74, 6) is -4.93. The lowest BCUT2D eigenvalue weighted by Gasteiger charge is -2.18. The van der Waals surface area contributed by atoms with Gasteiger partial charge in [-0.3, -0.25) is 4.98 Å². The summed E-state index contributed by atoms with van der Waals surface area (Å²) in [6.45, 7) is 3.06. The number of hydrogen-bond donors (Lipinski definition) is 2. The van der Waals surface area contributed by atoms with Crippen molar-refractivity contribution in [2.75, 3.05) is 0 Å². The molecule has 0 aliphatic rings. The van der Waals surface area contributed by atoms with E-state index >= 15 is 0 Å². The summed E-state index contributed by atoms with van der Waals surface area (Å²) in [6, 6.07) is 3.93. The molecular weight excluding hydrogens is 433 g/mol. The molecule has 7 nitrogen and oxygen atoms in total. The van der Waals surface area contributed by atoms with E-state index in [1.165, 1.54) is 36.7 Å². The van der Waals surface area contributed by atoms with Crippen LogP contribution in [-0.2, 0) is 5.92 Å². The van der Waals surface area contributed by atoms with Gasteiger partial charge in [0, 0.05) is 18.1 Å². The fourth-order valence-corrected chi connectivity index (χ4v) is 2.87. The topological polar surface area (TPSA) is 98.9 Å². The minimum absolute atomic E-state index is 0.0967. The van der Waals surface area contributed by atoms with Crippen LogP contribution < -0.4 is 9.14 Å². The fourth-order valence-electron chi connectivity index (χ4n) is 2.45. The molecule has 158 valence electrons. The lowest BCUT2D eigenvalue weighted by molar-refractivity contribution is -0.514. The molecule has 0 bridgehead atoms. The zero-order valence-corrected chi connectivity index (χ0v) is 16.1. The van der Waals surface area contributed by atoms with Gasteiger partial charge in [-0.2, -0.15) is 27.2 Å². The second-order valence-electron chi connectivity index (χ2n) is 6.64. The second-order valence-corrected chi connectivity index (χ2v) is 7.26. The number of ether oxygens (including phenoxy) is 1. The number of rotatable bonds is 5. The van der Waals surface area contributed by atoms with Gasteiger partial charge in [0.05, 0.1) is 17.2 Å². The molecule has 13 heteroatoms. The number of halogens is 5. The van der Waals surface area contributed by atoms with E-state index in [0.717, 1.165) is 6.33 Å². The monoisotopic (exact) mass is 446 g/mol. The molecule has 3 heterocycles. The van der Waals surface area contributed by atoms with Gasteiger partial charge in [0.15, 0.2) is 11.3 Å². The molecular formula is C17H13F5N5O2S+. The first-order valence-electron chi connectivity index (χ1n) is 8.15. The van der Waals surface area contributed by atoms with E-state index in [2.05, 4.69) is 15.0 Å². The van der Waals surface area contributed by atoms with Crippen molar-refractivity contribution in [3.8, 4) is 23.2 Å². The zero-order chi connectivity index (χ0) is 22.3. The van der Waals surface area contributed by atoms with Gasteiger partial charge < -0.3 is 9.29 Å². The van der Waals surface area contributed by atoms with Crippen molar-refractivity contribution in [1.29, 1.82) is 5.26 Å². The number of nitrogens with zero attached hydrogens (tertiary/aromatic N) is 4. The highest BCUT2D eigenvalue weighted by atomic mass is 32.2. The third kappa shape index (κ3) is 4.01. The summed E-state index contributed by atoms with van der Waals surface area (Å²) in [5, 5.41) is 9.04. The number of pyridine rings is 1. The quantitative estimate of drug-likeness (QED) is 0.348. The van der Waals surface area contributed by atoms with Gasteiger partial charge in [-0.15, -0.1) is 4.98 Å². The second kappa shape index (κ2) is 7.37. The Morgan fingerprint density at radius 3 is 2.50 bits per heavy atom. The standard InChI is InChI=1S/C17H12F5N5O2S/c1-15(2,7-23)29-9-3-11(30-28)14(24-5-9)10-6-27-8-25-12(4-13(27)26-10)16(18,19)17(20,21)22/h3-6,8,28H,1-2H3/p+1. The fraction of sp³-hybridized carbons (Fsp3) is 0.294. The van der Waals surface area contributed by atoms with E-state index in [1.54, 1.807) is 0 Å². The molecule has 0 spiro atoms. The Morgan fingerprint density at radius 1 is 1.20 bits per heavy atom. The van der Waals surface area contributed by atoms with Crippen molar-refractivity contribution >= 4 is 17.7 Å². The number of imidazole rings is 1. The highest BCUT2D eigenvalue weighted by Gasteiger charge is 2.61. The highest BCUT2D eigenvalue weighted by molar-refractivity contribution is 7.93. The van der Waals surface area contributed by atoms with Crippen molar-refractivity contribution in [2.24, 2.45) is 0 Å². The minimum Gasteiger partial charge on any atom is -0.471 e. The van der Waals surface area contributed by atoms with Gasteiger partial charge in [-0.1, -0.05) is 0 Å². The minimum atomic E-state index is -5.79. The number of H-pyrrole nitrogens is 1. The first kappa shape index (κ1) is 21.7. The third-order valence-corrected chi connectivity index (χ3v) is 4.41. The number of alkyl halides is 5. The predicted octanol–water partition coefficient (Wildman–Crippen LogP) is 4.11. The maximum atomic E-state index is 13.6. The molecule has 0 fully saturated rings. The summed E-state index contributed by atoms with van der Waals surface area (Å²) >= 11 is 0.320. The summed E-state index contributed by atoms with van der Waals surface area (Å²) in [5.41, 5.74) is -2.32. The molecule has 0 atom stereocenters. The largest absolute Gasteiger partial charge is 0.471 e. The number of nitrogens with one attached hydrogen (secondary N) is 1. The molecule has 0 amide bonds. The third-order valence-electron chi connectivity index (χ3n) is 3.90. The Hall–Kier alpha value is -2.98. The Morgan fingerprint density at radius 2 is 1.90 bits per heavy atom. The van der Waals surface area contributed by atoms with Crippen LogP contribution in [0.1, 0.15) is 19.5 Å². The van der Waals surface area contributed by atoms with E-state index in [-0.39, 0.29) is 27.7 Å². The molecule has 2 N–H and O–H groups in total. The lowest BCUT2D eigenvalue weighted by atomic mass is 10.2. The van der Waals surface area contributed by atoms with Crippen LogP contribution in [-0.4, -0.2) is 31.3 Å². The van der Waals surface area contributed by atoms with Crippen molar-refractivity contribution in [2.45, 2.75) is 36.4 Å². The lowest BCUT2D eigenvalue weighted by Crippen LogP contribution is -2.35. The Balaban J connectivity index is 2.02. The van der Waals surface area contributed by atoms with Crippen LogP contribution in [0.2, 0.25) is 0 Å². The van der Waals surface area contributed by atoms with E-state index in [1.807, 2.05) is 6.07 Å². The van der Waals surface area contributed by atoms with Crippen LogP contribution in [0.4, 0.5) is 22.0 Å². The number of hydrogen-bond acceptors (Lipinski definition) is 6. The maximum absolute atomic E-state index is 13.6. The van der Waals surface area contributed by atoms with Gasteiger partial charge in [0.1, 0.15) is 23.7 Å². The Kier molecular flexibility index (Phi) is 5.33. The van der Waals surface area contributed by atoms with Gasteiger partial charge in [-0.25, -0.2) is 9.38 Å². The van der Waals surface area contributed by atoms with E-state index in [0.29, 0.717) is 18.1 Å². The number of fused-ring (bicyclic) bond motifs is 1. The number of aromatic nitrogens is 4. The van der Waals surface area contributed by atoms with Crippen molar-refractivity contribution < 1.29 is 35.6 Å². The normalized spacial score (nSPS) is 12.8. The molecule has 0 aromatic carbocycles. The van der Waals surface area contributed by atoms with Crippen molar-refractivity contribution in [1.82, 2.24) is 15.0 Å². The molecule has 3 rings (SSSR count). The summed E-state index contributed by atoms with van der Waals surface area (Å²) in [6.07, 6.45) is -2.34. The summed E-state index contributed by atoms with van der Waals surface area (Å²) in [7, 11) is 0. The molecule has 0 saturated heterocycles. The van der Waals surface area contributed by atoms with E-state index in [4.69, 9.17) is 10.00 Å². The molecule has 30 heavy (non-hydrogen) atoms. The maximum Gasteiger partial charge on any atom is 0.461 e. The first-order chi connectivity index (χ1) is 13.9. The average molecular weight is 446 g/mol. The van der Waals surface area contributed by atoms with Crippen LogP contribution >= 0.6 is 12.0 Å². The van der Waals surface area contributed by atoms with Crippen LogP contribution in [0.3, 0.4) is 0 Å². The smallest absolute Gasteiger partial charge is 0.461 e. The molecule has 0 unspecified atom stereocenters. The molecule has 0 aliphatic heterocycles. The zero-order valence-electron chi connectivity index (χ0n) is 15.3. The molecule has 3 aromatic heterocycles.